The summed E-state index contributed by atoms with van der Waals surface area (Å²) in [5, 5.41) is 52.7. The van der Waals surface area contributed by atoms with E-state index in [9.17, 15) is 29.1 Å². The first-order valence-corrected chi connectivity index (χ1v) is 5.41. The van der Waals surface area contributed by atoms with Crippen LogP contribution in [0.15, 0.2) is 0 Å². The van der Waals surface area contributed by atoms with Crippen LogP contribution >= 0.6 is 0 Å². The van der Waals surface area contributed by atoms with Gasteiger partial charge in [0.1, 0.15) is 0 Å². The number of esters is 1. The molecule has 6 N–H and O–H groups in total. The Morgan fingerprint density at radius 1 is 0.913 bits per heavy atom. The predicted molar refractivity (Wildman–Crippen MR) is 67.8 cm³/mol. The number of rotatable bonds is 9. The van der Waals surface area contributed by atoms with Gasteiger partial charge in [-0.15, -0.1) is 0 Å². The van der Waals surface area contributed by atoms with Crippen molar-refractivity contribution in [2.24, 2.45) is 0 Å². The number of carboxylic acids is 4. The van der Waals surface area contributed by atoms with Gasteiger partial charge in [-0.3, -0.25) is 9.59 Å². The molecule has 0 aliphatic rings. The summed E-state index contributed by atoms with van der Waals surface area (Å²) in [7, 11) is 0. The Morgan fingerprint density at radius 2 is 1.39 bits per heavy atom. The number of ether oxygens (including phenoxy) is 1. The van der Waals surface area contributed by atoms with Gasteiger partial charge in [-0.2, -0.15) is 0 Å². The molecule has 0 aliphatic carbocycles. The summed E-state index contributed by atoms with van der Waals surface area (Å²) < 4.78 is 4.08. The molecule has 0 saturated carbocycles. The third-order valence-corrected chi connectivity index (χ3v) is 2.32. The number of aliphatic hydroxyl groups is 2. The van der Waals surface area contributed by atoms with Crippen LogP contribution in [0.3, 0.4) is 0 Å². The molecule has 0 heterocycles. The molecule has 0 aromatic carbocycles. The molecule has 0 amide bonds. The van der Waals surface area contributed by atoms with E-state index >= 15 is 0 Å². The van der Waals surface area contributed by atoms with Crippen molar-refractivity contribution in [3.8, 4) is 0 Å². The third-order valence-electron chi connectivity index (χ3n) is 2.32. The molecule has 0 spiro atoms. The maximum absolute atomic E-state index is 11.4. The average molecular weight is 348 g/mol. The Labute approximate surface area is 149 Å². The van der Waals surface area contributed by atoms with Crippen molar-refractivity contribution < 1.29 is 59.3 Å². The fourth-order valence-corrected chi connectivity index (χ4v) is 1.27. The Hall–Kier alpha value is -1.73. The maximum atomic E-state index is 11.4. The molecular weight excluding hydrogens is 335 g/mol. The van der Waals surface area contributed by atoms with Crippen molar-refractivity contribution in [1.29, 1.82) is 0 Å². The van der Waals surface area contributed by atoms with Crippen molar-refractivity contribution in [3.05, 3.63) is 0 Å². The Balaban J connectivity index is 0. The van der Waals surface area contributed by atoms with Crippen LogP contribution in [0.2, 0.25) is 0 Å². The van der Waals surface area contributed by atoms with Crippen LogP contribution in [0.4, 0.5) is 0 Å². The third kappa shape index (κ3) is 7.38. The first-order chi connectivity index (χ1) is 9.90. The number of carboxylic acid groups (broad SMARTS) is 4. The normalized spacial score (nSPS) is 15.2. The van der Waals surface area contributed by atoms with Crippen LogP contribution in [0.1, 0.15) is 12.8 Å². The number of hydrogen-bond donors (Lipinski definition) is 6. The molecule has 0 aliphatic heterocycles. The van der Waals surface area contributed by atoms with Gasteiger partial charge in [0.25, 0.3) is 0 Å². The van der Waals surface area contributed by atoms with Crippen molar-refractivity contribution in [3.63, 3.8) is 0 Å². The topological polar surface area (TPSA) is 216 Å². The number of carbonyl (C=O) groups excluding carboxylic acids is 1. The second kappa shape index (κ2) is 9.42. The second-order valence-electron chi connectivity index (χ2n) is 4.12. The van der Waals surface area contributed by atoms with Crippen LogP contribution in [0.5, 0.6) is 0 Å². The summed E-state index contributed by atoms with van der Waals surface area (Å²) in [5.74, 6) is -9.64. The molecule has 13 heteroatoms. The molecule has 0 rings (SSSR count). The van der Waals surface area contributed by atoms with Crippen LogP contribution in [0, 0.1) is 0 Å². The van der Waals surface area contributed by atoms with E-state index in [1.807, 2.05) is 0 Å². The fraction of sp³-hybridized carbons (Fsp3) is 0.500. The molecule has 0 aromatic heterocycles. The molecule has 0 saturated heterocycles. The number of hydrogen-bond acceptors (Lipinski definition) is 8. The van der Waals surface area contributed by atoms with E-state index in [2.05, 4.69) is 4.74 Å². The van der Waals surface area contributed by atoms with E-state index in [0.717, 1.165) is 0 Å². The van der Waals surface area contributed by atoms with Gasteiger partial charge in [-0.25, -0.2) is 14.4 Å². The van der Waals surface area contributed by atoms with E-state index in [4.69, 9.17) is 25.5 Å². The molecular formula is C10H13NaO12. The van der Waals surface area contributed by atoms with E-state index < -0.39 is 60.5 Å². The van der Waals surface area contributed by atoms with Crippen molar-refractivity contribution in [2.75, 3.05) is 0 Å². The first-order valence-electron chi connectivity index (χ1n) is 5.41. The average Bonchev–Trinajstić information content (AvgIpc) is 2.33. The predicted octanol–water partition coefficient (Wildman–Crippen LogP) is -3.54. The van der Waals surface area contributed by atoms with E-state index in [1.165, 1.54) is 0 Å². The summed E-state index contributed by atoms with van der Waals surface area (Å²) in [6.07, 6.45) is -8.06. The van der Waals surface area contributed by atoms with Crippen molar-refractivity contribution >= 4 is 59.4 Å². The minimum atomic E-state index is -3.08. The van der Waals surface area contributed by atoms with Gasteiger partial charge >= 0.3 is 59.4 Å². The van der Waals surface area contributed by atoms with Gasteiger partial charge in [-0.05, 0) is 0 Å². The zero-order valence-electron chi connectivity index (χ0n) is 10.7. The summed E-state index contributed by atoms with van der Waals surface area (Å²) in [5.41, 5.74) is -3.08. The molecule has 23 heavy (non-hydrogen) atoms. The van der Waals surface area contributed by atoms with Gasteiger partial charge in [0.2, 0.25) is 6.10 Å². The Bertz CT molecular complexity index is 502. The molecule has 12 nitrogen and oxygen atoms in total. The molecule has 3 unspecified atom stereocenters. The standard InChI is InChI=1S/C10H12O12.Na.H/c11-3(12)1-10(21,9(19)20)2-4(13)22-6(8(17)18)5(14)7(15)16;;/h5-6,14,21H,1-2H2,(H,11,12)(H,15,16)(H,17,18)(H,19,20);;. The van der Waals surface area contributed by atoms with Crippen LogP contribution in [0.25, 0.3) is 0 Å². The fourth-order valence-electron chi connectivity index (χ4n) is 1.27. The molecule has 0 bridgehead atoms. The second-order valence-corrected chi connectivity index (χ2v) is 4.12. The zero-order valence-corrected chi connectivity index (χ0v) is 10.7. The molecule has 0 aromatic rings. The summed E-state index contributed by atoms with van der Waals surface area (Å²) in [4.78, 5) is 53.7. The summed E-state index contributed by atoms with van der Waals surface area (Å²) >= 11 is 0. The van der Waals surface area contributed by atoms with Gasteiger partial charge in [-0.1, -0.05) is 0 Å². The van der Waals surface area contributed by atoms with Gasteiger partial charge in [0.05, 0.1) is 12.8 Å². The molecule has 3 atom stereocenters. The Kier molecular flexibility index (Phi) is 9.64. The minimum absolute atomic E-state index is 0. The molecule has 0 radical (unpaired) electrons. The van der Waals surface area contributed by atoms with E-state index in [-0.39, 0.29) is 29.6 Å². The van der Waals surface area contributed by atoms with Crippen LogP contribution in [-0.4, -0.2) is 108 Å². The zero-order chi connectivity index (χ0) is 17.7. The summed E-state index contributed by atoms with van der Waals surface area (Å²) in [6.45, 7) is 0. The monoisotopic (exact) mass is 348 g/mol. The quantitative estimate of drug-likeness (QED) is 0.176. The van der Waals surface area contributed by atoms with E-state index in [1.54, 1.807) is 0 Å². The van der Waals surface area contributed by atoms with Crippen molar-refractivity contribution in [1.82, 2.24) is 0 Å². The van der Waals surface area contributed by atoms with Gasteiger partial charge in [0, 0.05) is 0 Å². The summed E-state index contributed by atoms with van der Waals surface area (Å²) in [6, 6.07) is 0. The first kappa shape index (κ1) is 23.5. The van der Waals surface area contributed by atoms with Crippen LogP contribution in [-0.2, 0) is 28.7 Å². The van der Waals surface area contributed by atoms with Crippen molar-refractivity contribution in [2.45, 2.75) is 30.7 Å². The van der Waals surface area contributed by atoms with Gasteiger partial charge in [0.15, 0.2) is 11.7 Å². The molecule has 126 valence electrons. The number of aliphatic carboxylic acids is 4. The van der Waals surface area contributed by atoms with Gasteiger partial charge < -0.3 is 35.4 Å². The SMILES string of the molecule is O=C(O)CC(O)(CC(=O)OC(C(=O)O)C(O)C(=O)O)C(=O)O.[NaH]. The number of carbonyl (C=O) groups is 5. The van der Waals surface area contributed by atoms with Crippen LogP contribution < -0.4 is 0 Å². The van der Waals surface area contributed by atoms with E-state index in [0.29, 0.717) is 0 Å². The Morgan fingerprint density at radius 3 is 1.70 bits per heavy atom. The molecule has 0 fully saturated rings. The number of aliphatic hydroxyl groups excluding tert-OH is 1.